The molecule has 5 rings (SSSR count). The van der Waals surface area contributed by atoms with Crippen molar-refractivity contribution >= 4 is 49.3 Å². The molecule has 2 aromatic heterocycles. The van der Waals surface area contributed by atoms with Crippen molar-refractivity contribution in [2.75, 3.05) is 0 Å². The summed E-state index contributed by atoms with van der Waals surface area (Å²) >= 11 is 2.18. The topological polar surface area (TPSA) is 89.9 Å². The highest BCUT2D eigenvalue weighted by atomic mass is 127. The van der Waals surface area contributed by atoms with Crippen LogP contribution in [0.15, 0.2) is 84.1 Å². The highest BCUT2D eigenvalue weighted by Crippen LogP contribution is 2.38. The zero-order valence-electron chi connectivity index (χ0n) is 18.8. The van der Waals surface area contributed by atoms with Crippen molar-refractivity contribution in [3.63, 3.8) is 0 Å². The van der Waals surface area contributed by atoms with Crippen LogP contribution in [0.4, 0.5) is 8.78 Å². The minimum Gasteiger partial charge on any atom is -0.454 e. The Morgan fingerprint density at radius 3 is 2.57 bits per heavy atom. The molecule has 2 heterocycles. The van der Waals surface area contributed by atoms with E-state index in [1.807, 2.05) is 6.20 Å². The minimum absolute atomic E-state index is 0.0643. The molecule has 12 heteroatoms. The van der Waals surface area contributed by atoms with Crippen molar-refractivity contribution in [2.45, 2.75) is 11.3 Å². The number of benzene rings is 3. The molecule has 0 spiro atoms. The van der Waals surface area contributed by atoms with Gasteiger partial charge in [-0.15, -0.1) is 0 Å². The molecule has 0 fully saturated rings. The zero-order chi connectivity index (χ0) is 26.2. The van der Waals surface area contributed by atoms with Gasteiger partial charge in [0.2, 0.25) is 0 Å². The molecule has 186 valence electrons. The van der Waals surface area contributed by atoms with Crippen molar-refractivity contribution < 1.29 is 21.9 Å². The summed E-state index contributed by atoms with van der Waals surface area (Å²) in [5.74, 6) is -1.61. The fourth-order valence-electron chi connectivity index (χ4n) is 3.95. The summed E-state index contributed by atoms with van der Waals surface area (Å²) in [6.07, 6.45) is 5.39. The fourth-order valence-corrected chi connectivity index (χ4v) is 6.42. The molecule has 0 saturated heterocycles. The molecule has 7 nitrogen and oxygen atoms in total. The van der Waals surface area contributed by atoms with Crippen LogP contribution in [0.5, 0.6) is 11.5 Å². The van der Waals surface area contributed by atoms with Gasteiger partial charge in [-0.3, -0.25) is 0 Å². The molecule has 0 aliphatic rings. The molecule has 0 aliphatic carbocycles. The highest BCUT2D eigenvalue weighted by molar-refractivity contribution is 14.2. The second-order valence-electron chi connectivity index (χ2n) is 7.94. The quantitative estimate of drug-likeness (QED) is 0.151. The number of halogens is 3. The smallest absolute Gasteiger partial charge is 0.268 e. The van der Waals surface area contributed by atoms with Gasteiger partial charge in [0.1, 0.15) is 17.6 Å². The van der Waals surface area contributed by atoms with Crippen LogP contribution < -0.4 is 4.74 Å². The third kappa shape index (κ3) is 4.84. The largest absolute Gasteiger partial charge is 0.454 e. The summed E-state index contributed by atoms with van der Waals surface area (Å²) in [6.45, 7) is 0. The van der Waals surface area contributed by atoms with Crippen molar-refractivity contribution in [1.29, 1.82) is 5.26 Å². The van der Waals surface area contributed by atoms with Crippen molar-refractivity contribution in [3.8, 4) is 17.6 Å². The van der Waals surface area contributed by atoms with Crippen molar-refractivity contribution in [2.24, 2.45) is 0 Å². The van der Waals surface area contributed by atoms with Gasteiger partial charge in [-0.2, -0.15) is 10.4 Å². The minimum atomic E-state index is -4.00. The first-order chi connectivity index (χ1) is 17.8. The molecule has 0 radical (unpaired) electrons. The highest BCUT2D eigenvalue weighted by Gasteiger charge is 2.24. The Labute approximate surface area is 225 Å². The number of fused-ring (bicyclic) bond motifs is 1. The summed E-state index contributed by atoms with van der Waals surface area (Å²) in [6, 6.07) is 15.8. The lowest BCUT2D eigenvalue weighted by Crippen LogP contribution is -2.12. The van der Waals surface area contributed by atoms with Gasteiger partial charge < -0.3 is 4.74 Å². The van der Waals surface area contributed by atoms with E-state index >= 15 is 4.39 Å². The number of rotatable bonds is 7. The summed E-state index contributed by atoms with van der Waals surface area (Å²) in [5.41, 5.74) is 1.04. The number of nitriles is 1. The zero-order valence-corrected chi connectivity index (χ0v) is 22.7. The maximum absolute atomic E-state index is 15.7. The second-order valence-corrected chi connectivity index (χ2v) is 11.8. The van der Waals surface area contributed by atoms with Gasteiger partial charge in [0.05, 0.1) is 28.5 Å². The average molecular weight is 648 g/mol. The maximum Gasteiger partial charge on any atom is 0.268 e. The van der Waals surface area contributed by atoms with E-state index in [9.17, 15) is 12.8 Å². The Morgan fingerprint density at radius 2 is 1.86 bits per heavy atom. The molecule has 1 unspecified atom stereocenters. The van der Waals surface area contributed by atoms with Crippen LogP contribution in [0.2, 0.25) is 0 Å². The Kier molecular flexibility index (Phi) is 6.98. The number of ether oxygens (including phenoxy) is 1. The maximum atomic E-state index is 15.7. The van der Waals surface area contributed by atoms with Crippen LogP contribution >= 0.6 is 28.4 Å². The van der Waals surface area contributed by atoms with Crippen LogP contribution in [0.1, 0.15) is 16.7 Å². The molecule has 3 aromatic carbocycles. The normalized spacial score (nSPS) is 11.8. The average Bonchev–Trinajstić information content (AvgIpc) is 3.54. The summed E-state index contributed by atoms with van der Waals surface area (Å²) in [4.78, 5) is 0.0643. The van der Waals surface area contributed by atoms with Gasteiger partial charge in [0, 0.05) is 41.9 Å². The third-order valence-electron chi connectivity index (χ3n) is 5.65. The first kappa shape index (κ1) is 25.3. The van der Waals surface area contributed by atoms with E-state index < -0.39 is 21.7 Å². The summed E-state index contributed by atoms with van der Waals surface area (Å²) in [5, 5.41) is 13.9. The van der Waals surface area contributed by atoms with Crippen LogP contribution in [0.25, 0.3) is 10.9 Å². The van der Waals surface area contributed by atoms with Gasteiger partial charge in [-0.25, -0.2) is 25.6 Å². The van der Waals surface area contributed by atoms with E-state index in [2.05, 4.69) is 27.1 Å². The molecule has 0 saturated carbocycles. The lowest BCUT2D eigenvalue weighted by atomic mass is 10.0. The van der Waals surface area contributed by atoms with Crippen LogP contribution in [0.3, 0.4) is 0 Å². The molecule has 0 amide bonds. The van der Waals surface area contributed by atoms with Crippen LogP contribution in [-0.2, 0) is 16.4 Å². The van der Waals surface area contributed by atoms with Gasteiger partial charge in [0.25, 0.3) is 10.0 Å². The predicted molar refractivity (Wildman–Crippen MR) is 145 cm³/mol. The van der Waals surface area contributed by atoms with Crippen molar-refractivity contribution in [1.82, 2.24) is 13.5 Å². The second kappa shape index (κ2) is 10.2. The Bertz CT molecular complexity index is 1780. The molecular weight excluding hydrogens is 632 g/mol. The fraction of sp³-hybridized carbons (Fsp3) is 0.0400. The van der Waals surface area contributed by atoms with E-state index in [4.69, 9.17) is 10.00 Å². The van der Waals surface area contributed by atoms with E-state index in [-0.39, 0.29) is 33.9 Å². The van der Waals surface area contributed by atoms with E-state index in [0.717, 1.165) is 21.7 Å². The Balaban J connectivity index is 1.69. The molecule has 0 bridgehead atoms. The first-order valence-electron chi connectivity index (χ1n) is 10.7. The predicted octanol–water partition coefficient (Wildman–Crippen LogP) is 6.40. The lowest BCUT2D eigenvalue weighted by Gasteiger charge is -2.15. The molecule has 5 aromatic rings. The monoisotopic (exact) mass is 648 g/mol. The van der Waals surface area contributed by atoms with Crippen LogP contribution in [-0.4, -0.2) is 21.9 Å². The molecule has 0 aliphatic heterocycles. The van der Waals surface area contributed by atoms with Crippen LogP contribution in [0, 0.1) is 23.0 Å². The number of aromatic nitrogens is 3. The summed E-state index contributed by atoms with van der Waals surface area (Å²) in [7, 11) is -4.00. The lowest BCUT2D eigenvalue weighted by molar-refractivity contribution is 0.437. The first-order valence-corrected chi connectivity index (χ1v) is 16.2. The number of hydrogen-bond acceptors (Lipinski definition) is 5. The van der Waals surface area contributed by atoms with E-state index in [1.54, 1.807) is 41.0 Å². The number of hydrogen-bond donors (Lipinski definition) is 0. The van der Waals surface area contributed by atoms with Gasteiger partial charge in [0.15, 0.2) is 11.6 Å². The standard InChI is InChI=1S/C25H16F2IN4O3PS/c26-22-7-6-18(11-17(22)13-29)35-25-21(10-16-14-30-32(15-16)36-28)20-8-9-31(24(20)12-23(25)27)37(33,34)19-4-2-1-3-5-19/h1-9,11-12,14-15,36H,10H2. The SMILES string of the molecule is N#Cc1cc(Oc2c(F)cc3c(ccn3S(=O)(=O)c3ccccc3)c2Cc2cnn(PI)c2)ccc1F. The molecular formula is C25H16F2IN4O3PS. The summed E-state index contributed by atoms with van der Waals surface area (Å²) < 4.78 is 64.8. The number of nitrogens with zero attached hydrogens (tertiary/aromatic N) is 4. The van der Waals surface area contributed by atoms with Crippen molar-refractivity contribution in [3.05, 3.63) is 108 Å². The Hall–Kier alpha value is -3.33. The Morgan fingerprint density at radius 1 is 1.08 bits per heavy atom. The third-order valence-corrected chi connectivity index (χ3v) is 9.26. The van der Waals surface area contributed by atoms with Gasteiger partial charge >= 0.3 is 0 Å². The molecule has 0 N–H and O–H groups in total. The van der Waals surface area contributed by atoms with E-state index in [0.29, 0.717) is 17.3 Å². The van der Waals surface area contributed by atoms with Gasteiger partial charge in [-0.05, 0) is 57.9 Å². The molecule has 37 heavy (non-hydrogen) atoms. The molecule has 1 atom stereocenters. The van der Waals surface area contributed by atoms with E-state index in [1.165, 1.54) is 30.5 Å². The van der Waals surface area contributed by atoms with Gasteiger partial charge in [-0.1, -0.05) is 18.2 Å².